The number of fused-ring (bicyclic) bond motifs is 1. The van der Waals surface area contributed by atoms with E-state index in [1.807, 2.05) is 0 Å². The number of nitrogens with zero attached hydrogens (tertiary/aromatic N) is 2. The van der Waals surface area contributed by atoms with Crippen LogP contribution < -0.4 is 5.32 Å². The summed E-state index contributed by atoms with van der Waals surface area (Å²) in [5, 5.41) is 12.2. The summed E-state index contributed by atoms with van der Waals surface area (Å²) in [6.07, 6.45) is 3.31. The van der Waals surface area contributed by atoms with E-state index in [0.29, 0.717) is 17.1 Å². The SMILES string of the molecule is CNc1ccc2c(C(=O)O)nc(-c3ccco3)n2c1. The molecule has 0 aliphatic rings. The molecular formula is C13H11N3O3. The molecule has 3 rings (SSSR count). The summed E-state index contributed by atoms with van der Waals surface area (Å²) in [5.74, 6) is -0.0715. The van der Waals surface area contributed by atoms with Crippen LogP contribution in [0.5, 0.6) is 0 Å². The van der Waals surface area contributed by atoms with Gasteiger partial charge in [-0.15, -0.1) is 0 Å². The highest BCUT2D eigenvalue weighted by Crippen LogP contribution is 2.24. The highest BCUT2D eigenvalue weighted by molar-refractivity contribution is 5.95. The summed E-state index contributed by atoms with van der Waals surface area (Å²) in [7, 11) is 1.79. The van der Waals surface area contributed by atoms with Crippen molar-refractivity contribution >= 4 is 17.2 Å². The summed E-state index contributed by atoms with van der Waals surface area (Å²) in [6.45, 7) is 0. The van der Waals surface area contributed by atoms with Gasteiger partial charge in [-0.1, -0.05) is 0 Å². The van der Waals surface area contributed by atoms with Gasteiger partial charge in [-0.3, -0.25) is 4.40 Å². The Labute approximate surface area is 108 Å². The Morgan fingerprint density at radius 1 is 1.42 bits per heavy atom. The smallest absolute Gasteiger partial charge is 0.356 e. The van der Waals surface area contributed by atoms with Crippen molar-refractivity contribution in [1.29, 1.82) is 0 Å². The first-order valence-corrected chi connectivity index (χ1v) is 5.67. The third kappa shape index (κ3) is 1.74. The second-order valence-electron chi connectivity index (χ2n) is 3.99. The molecule has 0 amide bonds. The number of nitrogens with one attached hydrogen (secondary N) is 1. The first-order valence-electron chi connectivity index (χ1n) is 5.67. The molecule has 3 heterocycles. The third-order valence-corrected chi connectivity index (χ3v) is 2.87. The topological polar surface area (TPSA) is 79.8 Å². The number of hydrogen-bond donors (Lipinski definition) is 2. The number of imidazole rings is 1. The average Bonchev–Trinajstić information content (AvgIpc) is 3.04. The van der Waals surface area contributed by atoms with Gasteiger partial charge in [0.15, 0.2) is 17.3 Å². The van der Waals surface area contributed by atoms with Gasteiger partial charge in [0.1, 0.15) is 0 Å². The van der Waals surface area contributed by atoms with Crippen LogP contribution in [0.2, 0.25) is 0 Å². The van der Waals surface area contributed by atoms with Crippen LogP contribution in [0.25, 0.3) is 17.1 Å². The van der Waals surface area contributed by atoms with E-state index in [1.165, 1.54) is 6.26 Å². The number of carboxylic acid groups (broad SMARTS) is 1. The van der Waals surface area contributed by atoms with E-state index in [0.717, 1.165) is 5.69 Å². The van der Waals surface area contributed by atoms with Crippen LogP contribution in [-0.4, -0.2) is 27.5 Å². The van der Waals surface area contributed by atoms with Crippen LogP contribution in [0.4, 0.5) is 5.69 Å². The third-order valence-electron chi connectivity index (χ3n) is 2.87. The lowest BCUT2D eigenvalue weighted by Crippen LogP contribution is -1.97. The fraction of sp³-hybridized carbons (Fsp3) is 0.0769. The van der Waals surface area contributed by atoms with E-state index in [4.69, 9.17) is 4.42 Å². The predicted molar refractivity (Wildman–Crippen MR) is 69.4 cm³/mol. The summed E-state index contributed by atoms with van der Waals surface area (Å²) < 4.78 is 7.00. The van der Waals surface area contributed by atoms with E-state index >= 15 is 0 Å². The summed E-state index contributed by atoms with van der Waals surface area (Å²) in [4.78, 5) is 15.4. The molecule has 0 radical (unpaired) electrons. The zero-order chi connectivity index (χ0) is 13.4. The molecule has 0 aromatic carbocycles. The van der Waals surface area contributed by atoms with Crippen molar-refractivity contribution in [2.24, 2.45) is 0 Å². The minimum atomic E-state index is -1.06. The molecule has 0 atom stereocenters. The van der Waals surface area contributed by atoms with Crippen LogP contribution in [-0.2, 0) is 0 Å². The largest absolute Gasteiger partial charge is 0.476 e. The molecule has 0 unspecified atom stereocenters. The molecule has 0 saturated carbocycles. The van der Waals surface area contributed by atoms with Crippen LogP contribution in [0.3, 0.4) is 0 Å². The number of aromatic nitrogens is 2. The molecule has 3 aromatic rings. The minimum absolute atomic E-state index is 0.00838. The molecular weight excluding hydrogens is 246 g/mol. The van der Waals surface area contributed by atoms with Crippen LogP contribution >= 0.6 is 0 Å². The van der Waals surface area contributed by atoms with Crippen molar-refractivity contribution in [3.63, 3.8) is 0 Å². The molecule has 0 fully saturated rings. The highest BCUT2D eigenvalue weighted by Gasteiger charge is 2.19. The van der Waals surface area contributed by atoms with Gasteiger partial charge in [-0.25, -0.2) is 9.78 Å². The van der Waals surface area contributed by atoms with Crippen LogP contribution in [0.15, 0.2) is 41.1 Å². The zero-order valence-corrected chi connectivity index (χ0v) is 10.1. The Balaban J connectivity index is 2.34. The Bertz CT molecular complexity index is 744. The molecule has 6 nitrogen and oxygen atoms in total. The monoisotopic (exact) mass is 257 g/mol. The number of hydrogen-bond acceptors (Lipinski definition) is 4. The van der Waals surface area contributed by atoms with E-state index < -0.39 is 5.97 Å². The van der Waals surface area contributed by atoms with E-state index in [9.17, 15) is 9.90 Å². The number of carboxylic acids is 1. The number of rotatable bonds is 3. The Hall–Kier alpha value is -2.76. The second kappa shape index (κ2) is 4.16. The molecule has 0 bridgehead atoms. The molecule has 0 aliphatic heterocycles. The Morgan fingerprint density at radius 3 is 2.89 bits per heavy atom. The molecule has 6 heteroatoms. The van der Waals surface area contributed by atoms with Crippen molar-refractivity contribution in [3.8, 4) is 11.6 Å². The van der Waals surface area contributed by atoms with Crippen molar-refractivity contribution in [1.82, 2.24) is 9.38 Å². The number of aromatic carboxylic acids is 1. The molecule has 19 heavy (non-hydrogen) atoms. The van der Waals surface area contributed by atoms with Gasteiger partial charge in [0.05, 0.1) is 17.5 Å². The van der Waals surface area contributed by atoms with Crippen molar-refractivity contribution in [2.45, 2.75) is 0 Å². The lowest BCUT2D eigenvalue weighted by Gasteiger charge is -2.03. The molecule has 96 valence electrons. The molecule has 0 spiro atoms. The van der Waals surface area contributed by atoms with Gasteiger partial charge < -0.3 is 14.8 Å². The maximum Gasteiger partial charge on any atom is 0.356 e. The molecule has 2 N–H and O–H groups in total. The average molecular weight is 257 g/mol. The lowest BCUT2D eigenvalue weighted by molar-refractivity contribution is 0.0693. The van der Waals surface area contributed by atoms with Crippen molar-refractivity contribution in [3.05, 3.63) is 42.4 Å². The quantitative estimate of drug-likeness (QED) is 0.752. The van der Waals surface area contributed by atoms with E-state index in [1.54, 1.807) is 41.9 Å². The predicted octanol–water partition coefficient (Wildman–Crippen LogP) is 2.33. The molecule has 0 saturated heterocycles. The summed E-state index contributed by atoms with van der Waals surface area (Å²) in [6, 6.07) is 7.00. The number of carbonyl (C=O) groups is 1. The highest BCUT2D eigenvalue weighted by atomic mass is 16.4. The fourth-order valence-corrected chi connectivity index (χ4v) is 1.97. The normalized spacial score (nSPS) is 10.8. The van der Waals surface area contributed by atoms with Gasteiger partial charge in [-0.05, 0) is 24.3 Å². The van der Waals surface area contributed by atoms with Crippen LogP contribution in [0.1, 0.15) is 10.5 Å². The maximum atomic E-state index is 11.2. The number of anilines is 1. The number of pyridine rings is 1. The second-order valence-corrected chi connectivity index (χ2v) is 3.99. The maximum absolute atomic E-state index is 11.2. The van der Waals surface area contributed by atoms with Gasteiger partial charge in [0.2, 0.25) is 0 Å². The van der Waals surface area contributed by atoms with Crippen molar-refractivity contribution in [2.75, 3.05) is 12.4 Å². The zero-order valence-electron chi connectivity index (χ0n) is 10.1. The minimum Gasteiger partial charge on any atom is -0.476 e. The van der Waals surface area contributed by atoms with E-state index in [-0.39, 0.29) is 5.69 Å². The van der Waals surface area contributed by atoms with Crippen molar-refractivity contribution < 1.29 is 14.3 Å². The number of furan rings is 1. The summed E-state index contributed by atoms with van der Waals surface area (Å²) in [5.41, 5.74) is 1.39. The molecule has 3 aromatic heterocycles. The Morgan fingerprint density at radius 2 is 2.26 bits per heavy atom. The molecule has 0 aliphatic carbocycles. The first kappa shape index (κ1) is 11.3. The lowest BCUT2D eigenvalue weighted by atomic mass is 10.3. The summed E-state index contributed by atoms with van der Waals surface area (Å²) >= 11 is 0. The van der Waals surface area contributed by atoms with Crippen LogP contribution in [0, 0.1) is 0 Å². The Kier molecular flexibility index (Phi) is 2.49. The van der Waals surface area contributed by atoms with Gasteiger partial charge in [0.25, 0.3) is 0 Å². The van der Waals surface area contributed by atoms with Gasteiger partial charge in [-0.2, -0.15) is 0 Å². The van der Waals surface area contributed by atoms with Gasteiger partial charge in [0, 0.05) is 13.2 Å². The van der Waals surface area contributed by atoms with Gasteiger partial charge >= 0.3 is 5.97 Å². The fourth-order valence-electron chi connectivity index (χ4n) is 1.97. The standard InChI is InChI=1S/C13H11N3O3/c1-14-8-4-5-9-11(13(17)18)15-12(16(9)7-8)10-3-2-6-19-10/h2-7,14H,1H3,(H,17,18). The first-order chi connectivity index (χ1) is 9.20. The van der Waals surface area contributed by atoms with E-state index in [2.05, 4.69) is 10.3 Å².